The van der Waals surface area contributed by atoms with Gasteiger partial charge in [0.25, 0.3) is 5.91 Å². The summed E-state index contributed by atoms with van der Waals surface area (Å²) in [4.78, 5) is 38.2. The number of nitrogens with zero attached hydrogens (tertiary/aromatic N) is 2. The van der Waals surface area contributed by atoms with Gasteiger partial charge in [0.1, 0.15) is 5.75 Å². The van der Waals surface area contributed by atoms with Gasteiger partial charge >= 0.3 is 5.97 Å². The second-order valence-corrected chi connectivity index (χ2v) is 6.12. The highest BCUT2D eigenvalue weighted by molar-refractivity contribution is 5.99. The number of hydrogen-bond donors (Lipinski definition) is 2. The Labute approximate surface area is 146 Å². The van der Waals surface area contributed by atoms with Crippen LogP contribution in [0.15, 0.2) is 18.2 Å². The number of ether oxygens (including phenoxy) is 1. The lowest BCUT2D eigenvalue weighted by Crippen LogP contribution is -2.40. The number of carbonyl (C=O) groups excluding carboxylic acids is 2. The highest BCUT2D eigenvalue weighted by Gasteiger charge is 2.25. The molecule has 8 heteroatoms. The minimum absolute atomic E-state index is 0.000713. The SMILES string of the molecule is CN(C)CCCN1C(=O)COc2ccc(NC(=O)CCC(=O)O)cc21. The molecular weight excluding hydrogens is 326 g/mol. The molecule has 0 fully saturated rings. The first-order valence-corrected chi connectivity index (χ1v) is 8.10. The van der Waals surface area contributed by atoms with Crippen molar-refractivity contribution >= 4 is 29.2 Å². The van der Waals surface area contributed by atoms with Crippen LogP contribution in [0.1, 0.15) is 19.3 Å². The fourth-order valence-corrected chi connectivity index (χ4v) is 2.51. The van der Waals surface area contributed by atoms with Crippen molar-refractivity contribution in [3.63, 3.8) is 0 Å². The summed E-state index contributed by atoms with van der Waals surface area (Å²) < 4.78 is 5.44. The third kappa shape index (κ3) is 5.46. The van der Waals surface area contributed by atoms with Crippen molar-refractivity contribution in [1.82, 2.24) is 4.90 Å². The van der Waals surface area contributed by atoms with Crippen LogP contribution in [0.4, 0.5) is 11.4 Å². The fraction of sp³-hybridized carbons (Fsp3) is 0.471. The average molecular weight is 349 g/mol. The van der Waals surface area contributed by atoms with Gasteiger partial charge in [-0.05, 0) is 45.3 Å². The number of aliphatic carboxylic acids is 1. The zero-order chi connectivity index (χ0) is 18.4. The Kier molecular flexibility index (Phi) is 6.35. The van der Waals surface area contributed by atoms with E-state index in [2.05, 4.69) is 5.32 Å². The molecule has 1 aromatic carbocycles. The molecule has 1 heterocycles. The van der Waals surface area contributed by atoms with Crippen molar-refractivity contribution in [3.8, 4) is 5.75 Å². The molecule has 0 unspecified atom stereocenters. The van der Waals surface area contributed by atoms with Crippen LogP contribution in [-0.4, -0.2) is 61.6 Å². The second kappa shape index (κ2) is 8.48. The summed E-state index contributed by atoms with van der Waals surface area (Å²) >= 11 is 0. The molecule has 0 bridgehead atoms. The fourth-order valence-electron chi connectivity index (χ4n) is 2.51. The molecule has 136 valence electrons. The summed E-state index contributed by atoms with van der Waals surface area (Å²) in [5, 5.41) is 11.3. The van der Waals surface area contributed by atoms with E-state index in [0.717, 1.165) is 13.0 Å². The number of anilines is 2. The van der Waals surface area contributed by atoms with E-state index in [4.69, 9.17) is 9.84 Å². The number of carboxylic acids is 1. The summed E-state index contributed by atoms with van der Waals surface area (Å²) in [7, 11) is 3.94. The molecule has 1 aliphatic rings. The predicted octanol–water partition coefficient (Wildman–Crippen LogP) is 1.17. The van der Waals surface area contributed by atoms with E-state index in [-0.39, 0.29) is 31.3 Å². The van der Waals surface area contributed by atoms with Crippen LogP contribution in [0.5, 0.6) is 5.75 Å². The number of amides is 2. The van der Waals surface area contributed by atoms with Gasteiger partial charge in [0.2, 0.25) is 5.91 Å². The zero-order valence-electron chi connectivity index (χ0n) is 14.4. The first kappa shape index (κ1) is 18.7. The summed E-state index contributed by atoms with van der Waals surface area (Å²) in [5.74, 6) is -0.940. The molecule has 1 aromatic rings. The van der Waals surface area contributed by atoms with Gasteiger partial charge in [0.05, 0.1) is 12.1 Å². The smallest absolute Gasteiger partial charge is 0.303 e. The summed E-state index contributed by atoms with van der Waals surface area (Å²) in [5.41, 5.74) is 1.12. The highest BCUT2D eigenvalue weighted by Crippen LogP contribution is 2.34. The lowest BCUT2D eigenvalue weighted by Gasteiger charge is -2.30. The van der Waals surface area contributed by atoms with Crippen molar-refractivity contribution in [3.05, 3.63) is 18.2 Å². The Bertz CT molecular complexity index is 660. The van der Waals surface area contributed by atoms with Gasteiger partial charge in [0, 0.05) is 18.7 Å². The molecule has 25 heavy (non-hydrogen) atoms. The van der Waals surface area contributed by atoms with Gasteiger partial charge < -0.3 is 25.0 Å². The molecule has 0 atom stereocenters. The Hall–Kier alpha value is -2.61. The molecule has 0 aliphatic carbocycles. The van der Waals surface area contributed by atoms with Crippen molar-refractivity contribution in [2.75, 3.05) is 44.0 Å². The van der Waals surface area contributed by atoms with E-state index in [1.54, 1.807) is 23.1 Å². The third-order valence-electron chi connectivity index (χ3n) is 3.74. The first-order valence-electron chi connectivity index (χ1n) is 8.10. The minimum Gasteiger partial charge on any atom is -0.482 e. The molecule has 2 N–H and O–H groups in total. The average Bonchev–Trinajstić information content (AvgIpc) is 2.55. The normalized spacial score (nSPS) is 13.4. The van der Waals surface area contributed by atoms with Crippen molar-refractivity contribution in [2.45, 2.75) is 19.3 Å². The van der Waals surface area contributed by atoms with Crippen LogP contribution in [0, 0.1) is 0 Å². The summed E-state index contributed by atoms with van der Waals surface area (Å²) in [6.45, 7) is 1.41. The summed E-state index contributed by atoms with van der Waals surface area (Å²) in [6.07, 6.45) is 0.483. The number of benzene rings is 1. The van der Waals surface area contributed by atoms with Crippen molar-refractivity contribution < 1.29 is 24.2 Å². The molecule has 0 aromatic heterocycles. The van der Waals surface area contributed by atoms with Gasteiger partial charge in [0.15, 0.2) is 6.61 Å². The maximum absolute atomic E-state index is 12.2. The number of hydrogen-bond acceptors (Lipinski definition) is 5. The second-order valence-electron chi connectivity index (χ2n) is 6.12. The van der Waals surface area contributed by atoms with Crippen molar-refractivity contribution in [1.29, 1.82) is 0 Å². The maximum atomic E-state index is 12.2. The quantitative estimate of drug-likeness (QED) is 0.731. The van der Waals surface area contributed by atoms with E-state index in [1.807, 2.05) is 19.0 Å². The molecule has 0 saturated heterocycles. The number of fused-ring (bicyclic) bond motifs is 1. The molecule has 0 saturated carbocycles. The van der Waals surface area contributed by atoms with Crippen molar-refractivity contribution in [2.24, 2.45) is 0 Å². The van der Waals surface area contributed by atoms with E-state index < -0.39 is 5.97 Å². The van der Waals surface area contributed by atoms with Gasteiger partial charge in [-0.3, -0.25) is 14.4 Å². The van der Waals surface area contributed by atoms with Gasteiger partial charge in [-0.2, -0.15) is 0 Å². The van der Waals surface area contributed by atoms with Crippen LogP contribution in [0.25, 0.3) is 0 Å². The van der Waals surface area contributed by atoms with Gasteiger partial charge in [-0.15, -0.1) is 0 Å². The lowest BCUT2D eigenvalue weighted by molar-refractivity contribution is -0.138. The third-order valence-corrected chi connectivity index (χ3v) is 3.74. The topological polar surface area (TPSA) is 99.2 Å². The van der Waals surface area contributed by atoms with Crippen LogP contribution in [0.2, 0.25) is 0 Å². The zero-order valence-corrected chi connectivity index (χ0v) is 14.4. The van der Waals surface area contributed by atoms with E-state index in [9.17, 15) is 14.4 Å². The Balaban J connectivity index is 2.09. The monoisotopic (exact) mass is 349 g/mol. The highest BCUT2D eigenvalue weighted by atomic mass is 16.5. The van der Waals surface area contributed by atoms with E-state index in [1.165, 1.54) is 0 Å². The number of carboxylic acid groups (broad SMARTS) is 1. The molecular formula is C17H23N3O5. The first-order chi connectivity index (χ1) is 11.9. The number of nitrogens with one attached hydrogen (secondary N) is 1. The standard InChI is InChI=1S/C17H23N3O5/c1-19(2)8-3-9-20-13-10-12(18-15(21)6-7-17(23)24)4-5-14(13)25-11-16(20)22/h4-5,10H,3,6-9,11H2,1-2H3,(H,18,21)(H,23,24). The molecule has 2 amide bonds. The van der Waals surface area contributed by atoms with Gasteiger partial charge in [-0.1, -0.05) is 0 Å². The predicted molar refractivity (Wildman–Crippen MR) is 93.0 cm³/mol. The molecule has 0 radical (unpaired) electrons. The molecule has 2 rings (SSSR count). The number of carbonyl (C=O) groups is 3. The Morgan fingerprint density at radius 2 is 2.08 bits per heavy atom. The summed E-state index contributed by atoms with van der Waals surface area (Å²) in [6, 6.07) is 5.06. The maximum Gasteiger partial charge on any atom is 0.303 e. The largest absolute Gasteiger partial charge is 0.482 e. The van der Waals surface area contributed by atoms with Crippen LogP contribution in [-0.2, 0) is 14.4 Å². The van der Waals surface area contributed by atoms with E-state index in [0.29, 0.717) is 23.7 Å². The molecule has 0 spiro atoms. The lowest BCUT2D eigenvalue weighted by atomic mass is 10.2. The van der Waals surface area contributed by atoms with Crippen LogP contribution < -0.4 is 15.0 Å². The van der Waals surface area contributed by atoms with E-state index >= 15 is 0 Å². The van der Waals surface area contributed by atoms with Crippen LogP contribution >= 0.6 is 0 Å². The minimum atomic E-state index is -1.02. The molecule has 8 nitrogen and oxygen atoms in total. The Morgan fingerprint density at radius 1 is 1.32 bits per heavy atom. The van der Waals surface area contributed by atoms with Gasteiger partial charge in [-0.25, -0.2) is 0 Å². The van der Waals surface area contributed by atoms with Crippen LogP contribution in [0.3, 0.4) is 0 Å². The molecule has 1 aliphatic heterocycles. The number of rotatable bonds is 8. The Morgan fingerprint density at radius 3 is 2.76 bits per heavy atom.